The van der Waals surface area contributed by atoms with Gasteiger partial charge in [0.25, 0.3) is 5.91 Å². The van der Waals surface area contributed by atoms with Crippen LogP contribution in [0.3, 0.4) is 0 Å². The summed E-state index contributed by atoms with van der Waals surface area (Å²) in [6.07, 6.45) is 3.59. The van der Waals surface area contributed by atoms with Crippen molar-refractivity contribution in [1.29, 1.82) is 0 Å². The average molecular weight is 347 g/mol. The Balaban J connectivity index is 2.19. The van der Waals surface area contributed by atoms with Crippen molar-refractivity contribution in [2.24, 2.45) is 0 Å². The molecule has 0 aliphatic rings. The quantitative estimate of drug-likeness (QED) is 0.850. The normalized spacial score (nSPS) is 10.5. The first-order valence-electron chi connectivity index (χ1n) is 8.03. The van der Waals surface area contributed by atoms with Crippen LogP contribution < -0.4 is 10.2 Å². The van der Waals surface area contributed by atoms with E-state index in [9.17, 15) is 4.79 Å². The van der Waals surface area contributed by atoms with Gasteiger partial charge in [0.05, 0.1) is 10.7 Å². The molecule has 0 unspecified atom stereocenters. The lowest BCUT2D eigenvalue weighted by molar-refractivity contribution is 0.102. The van der Waals surface area contributed by atoms with Crippen LogP contribution in [0.15, 0.2) is 24.5 Å². The number of benzene rings is 1. The third kappa shape index (κ3) is 4.45. The summed E-state index contributed by atoms with van der Waals surface area (Å²) in [5.74, 6) is 0.437. The zero-order valence-corrected chi connectivity index (χ0v) is 15.3. The van der Waals surface area contributed by atoms with Crippen LogP contribution in [0.1, 0.15) is 41.4 Å². The van der Waals surface area contributed by atoms with Crippen LogP contribution in [0, 0.1) is 13.8 Å². The first kappa shape index (κ1) is 18.2. The molecule has 128 valence electrons. The molecule has 2 rings (SSSR count). The van der Waals surface area contributed by atoms with Gasteiger partial charge in [0.1, 0.15) is 17.8 Å². The van der Waals surface area contributed by atoms with E-state index >= 15 is 0 Å². The Hall–Kier alpha value is -2.14. The number of amides is 1. The lowest BCUT2D eigenvalue weighted by Crippen LogP contribution is -2.21. The second kappa shape index (κ2) is 8.11. The van der Waals surface area contributed by atoms with Gasteiger partial charge in [-0.05, 0) is 37.5 Å². The van der Waals surface area contributed by atoms with Crippen molar-refractivity contribution in [2.75, 3.05) is 23.8 Å². The molecule has 1 heterocycles. The summed E-state index contributed by atoms with van der Waals surface area (Å²) in [6, 6.07) is 5.50. The van der Waals surface area contributed by atoms with Crippen molar-refractivity contribution in [3.63, 3.8) is 0 Å². The lowest BCUT2D eigenvalue weighted by Gasteiger charge is -2.18. The smallest absolute Gasteiger partial charge is 0.274 e. The maximum Gasteiger partial charge on any atom is 0.274 e. The van der Waals surface area contributed by atoms with E-state index < -0.39 is 0 Å². The van der Waals surface area contributed by atoms with E-state index in [1.54, 1.807) is 6.07 Å². The molecule has 0 saturated carbocycles. The first-order chi connectivity index (χ1) is 11.4. The number of nitrogens with one attached hydrogen (secondary N) is 1. The number of halogens is 1. The van der Waals surface area contributed by atoms with E-state index in [0.717, 1.165) is 36.3 Å². The van der Waals surface area contributed by atoms with Gasteiger partial charge in [0.15, 0.2) is 0 Å². The van der Waals surface area contributed by atoms with Gasteiger partial charge in [-0.1, -0.05) is 31.0 Å². The number of carbonyl (C=O) groups is 1. The summed E-state index contributed by atoms with van der Waals surface area (Å²) in [6.45, 7) is 6.91. The van der Waals surface area contributed by atoms with Crippen molar-refractivity contribution in [3.8, 4) is 0 Å². The highest BCUT2D eigenvalue weighted by Gasteiger charge is 2.14. The zero-order valence-electron chi connectivity index (χ0n) is 14.6. The molecule has 0 radical (unpaired) electrons. The fourth-order valence-electron chi connectivity index (χ4n) is 2.44. The van der Waals surface area contributed by atoms with Crippen molar-refractivity contribution in [1.82, 2.24) is 9.97 Å². The molecule has 0 aliphatic carbocycles. The van der Waals surface area contributed by atoms with E-state index in [0.29, 0.717) is 16.4 Å². The molecule has 1 amide bonds. The Bertz CT molecular complexity index is 710. The Morgan fingerprint density at radius 2 is 2.00 bits per heavy atom. The van der Waals surface area contributed by atoms with Gasteiger partial charge < -0.3 is 10.2 Å². The van der Waals surface area contributed by atoms with Crippen LogP contribution in [0.2, 0.25) is 5.02 Å². The summed E-state index contributed by atoms with van der Waals surface area (Å²) < 4.78 is 0. The molecule has 1 aromatic heterocycles. The minimum atomic E-state index is -0.295. The summed E-state index contributed by atoms with van der Waals surface area (Å²) in [5, 5.41) is 3.37. The molecule has 2 aromatic rings. The van der Waals surface area contributed by atoms with E-state index in [-0.39, 0.29) is 5.91 Å². The molecular formula is C18H23ClN4O. The predicted molar refractivity (Wildman–Crippen MR) is 99.1 cm³/mol. The number of aromatic nitrogens is 2. The minimum Gasteiger partial charge on any atom is -0.360 e. The summed E-state index contributed by atoms with van der Waals surface area (Å²) in [5.41, 5.74) is 2.91. The maximum atomic E-state index is 12.5. The van der Waals surface area contributed by atoms with Crippen molar-refractivity contribution < 1.29 is 4.79 Å². The van der Waals surface area contributed by atoms with Crippen LogP contribution in [0.4, 0.5) is 11.5 Å². The standard InChI is InChI=1S/C18H23ClN4O/c1-5-6-7-23(4)16-10-15(20-11-21-16)18(24)22-17-13(3)8-12(2)9-14(17)19/h8-11H,5-7H2,1-4H3,(H,22,24). The summed E-state index contributed by atoms with van der Waals surface area (Å²) in [7, 11) is 1.96. The summed E-state index contributed by atoms with van der Waals surface area (Å²) >= 11 is 6.25. The first-order valence-corrected chi connectivity index (χ1v) is 8.41. The van der Waals surface area contributed by atoms with E-state index in [4.69, 9.17) is 11.6 Å². The molecule has 1 aromatic carbocycles. The zero-order chi connectivity index (χ0) is 17.7. The number of nitrogens with zero attached hydrogens (tertiary/aromatic N) is 3. The summed E-state index contributed by atoms with van der Waals surface area (Å²) in [4.78, 5) is 22.9. The highest BCUT2D eigenvalue weighted by Crippen LogP contribution is 2.27. The molecule has 0 fully saturated rings. The van der Waals surface area contributed by atoms with Gasteiger partial charge in [-0.3, -0.25) is 4.79 Å². The van der Waals surface area contributed by atoms with Crippen molar-refractivity contribution >= 4 is 29.0 Å². The molecule has 6 heteroatoms. The molecular weight excluding hydrogens is 324 g/mol. The van der Waals surface area contributed by atoms with Gasteiger partial charge in [0, 0.05) is 19.7 Å². The van der Waals surface area contributed by atoms with Crippen molar-refractivity contribution in [2.45, 2.75) is 33.6 Å². The number of aryl methyl sites for hydroxylation is 2. The number of hydrogen-bond donors (Lipinski definition) is 1. The van der Waals surface area contributed by atoms with Crippen LogP contribution in [-0.2, 0) is 0 Å². The van der Waals surface area contributed by atoms with Crippen LogP contribution in [0.5, 0.6) is 0 Å². The minimum absolute atomic E-state index is 0.295. The second-order valence-corrected chi connectivity index (χ2v) is 6.34. The van der Waals surface area contributed by atoms with Gasteiger partial charge in [-0.2, -0.15) is 0 Å². The highest BCUT2D eigenvalue weighted by molar-refractivity contribution is 6.34. The third-order valence-corrected chi connectivity index (χ3v) is 4.09. The van der Waals surface area contributed by atoms with E-state index in [1.807, 2.05) is 37.9 Å². The molecule has 0 spiro atoms. The molecule has 0 saturated heterocycles. The molecule has 5 nitrogen and oxygen atoms in total. The van der Waals surface area contributed by atoms with E-state index in [2.05, 4.69) is 22.2 Å². The maximum absolute atomic E-state index is 12.5. The SMILES string of the molecule is CCCCN(C)c1cc(C(=O)Nc2c(C)cc(C)cc2Cl)ncn1. The molecule has 0 atom stereocenters. The Kier molecular flexibility index (Phi) is 6.15. The fourth-order valence-corrected chi connectivity index (χ4v) is 2.81. The average Bonchev–Trinajstić information content (AvgIpc) is 2.55. The number of rotatable bonds is 6. The molecule has 1 N–H and O–H groups in total. The van der Waals surface area contributed by atoms with Crippen molar-refractivity contribution in [3.05, 3.63) is 46.4 Å². The Morgan fingerprint density at radius 1 is 1.25 bits per heavy atom. The molecule has 0 aliphatic heterocycles. The number of hydrogen-bond acceptors (Lipinski definition) is 4. The third-order valence-electron chi connectivity index (χ3n) is 3.79. The number of carbonyl (C=O) groups excluding carboxylic acids is 1. The van der Waals surface area contributed by atoms with Crippen LogP contribution in [-0.4, -0.2) is 29.5 Å². The second-order valence-electron chi connectivity index (χ2n) is 5.93. The Morgan fingerprint density at radius 3 is 2.67 bits per heavy atom. The monoisotopic (exact) mass is 346 g/mol. The highest BCUT2D eigenvalue weighted by atomic mass is 35.5. The fraction of sp³-hybridized carbons (Fsp3) is 0.389. The van der Waals surface area contributed by atoms with Gasteiger partial charge in [-0.15, -0.1) is 0 Å². The lowest BCUT2D eigenvalue weighted by atomic mass is 10.1. The van der Waals surface area contributed by atoms with E-state index in [1.165, 1.54) is 6.33 Å². The number of anilines is 2. The topological polar surface area (TPSA) is 58.1 Å². The van der Waals surface area contributed by atoms with Crippen LogP contribution in [0.25, 0.3) is 0 Å². The van der Waals surface area contributed by atoms with Crippen LogP contribution >= 0.6 is 11.6 Å². The molecule has 24 heavy (non-hydrogen) atoms. The molecule has 0 bridgehead atoms. The van der Waals surface area contributed by atoms with Gasteiger partial charge in [-0.25, -0.2) is 9.97 Å². The van der Waals surface area contributed by atoms with Gasteiger partial charge >= 0.3 is 0 Å². The van der Waals surface area contributed by atoms with Gasteiger partial charge in [0.2, 0.25) is 0 Å². The predicted octanol–water partition coefficient (Wildman–Crippen LogP) is 4.24. The largest absolute Gasteiger partial charge is 0.360 e. The number of unbranched alkanes of at least 4 members (excludes halogenated alkanes) is 1. The Labute approximate surface area is 148 Å².